The van der Waals surface area contributed by atoms with Crippen LogP contribution in [0.5, 0.6) is 0 Å². The van der Waals surface area contributed by atoms with Gasteiger partial charge in [-0.2, -0.15) is 5.26 Å². The van der Waals surface area contributed by atoms with Crippen LogP contribution >= 0.6 is 0 Å². The molecule has 0 bridgehead atoms. The molecule has 0 aromatic carbocycles. The second kappa shape index (κ2) is 3.66. The van der Waals surface area contributed by atoms with Gasteiger partial charge in [0.15, 0.2) is 5.65 Å². The Labute approximate surface area is 80.1 Å². The maximum Gasteiger partial charge on any atom is 0.181 e. The maximum atomic E-state index is 8.36. The van der Waals surface area contributed by atoms with E-state index in [9.17, 15) is 0 Å². The van der Waals surface area contributed by atoms with Crippen molar-refractivity contribution in [2.75, 3.05) is 0 Å². The highest BCUT2D eigenvalue weighted by atomic mass is 15.0. The number of rotatable bonds is 2. The molecule has 2 aromatic rings. The van der Waals surface area contributed by atoms with Gasteiger partial charge in [-0.05, 0) is 6.08 Å². The number of imidazole rings is 1. The molecule has 0 aliphatic heterocycles. The lowest BCUT2D eigenvalue weighted by Gasteiger charge is -1.92. The minimum Gasteiger partial charge on any atom is -0.341 e. The van der Waals surface area contributed by atoms with Crippen LogP contribution in [-0.2, 0) is 0 Å². The molecule has 0 fully saturated rings. The molecule has 0 saturated carbocycles. The van der Waals surface area contributed by atoms with Gasteiger partial charge in [0.05, 0.1) is 24.5 Å². The predicted octanol–water partition coefficient (Wildman–Crippen LogP) is 1.28. The van der Waals surface area contributed by atoms with Gasteiger partial charge in [-0.25, -0.2) is 15.0 Å². The van der Waals surface area contributed by atoms with Crippen molar-refractivity contribution in [3.05, 3.63) is 24.4 Å². The van der Waals surface area contributed by atoms with Crippen molar-refractivity contribution in [2.45, 2.75) is 6.42 Å². The van der Waals surface area contributed by atoms with E-state index in [-0.39, 0.29) is 0 Å². The summed E-state index contributed by atoms with van der Waals surface area (Å²) >= 11 is 0. The zero-order valence-electron chi connectivity index (χ0n) is 7.31. The van der Waals surface area contributed by atoms with Gasteiger partial charge in [0, 0.05) is 0 Å². The fourth-order valence-electron chi connectivity index (χ4n) is 1.13. The molecular weight excluding hydrogens is 178 g/mol. The van der Waals surface area contributed by atoms with Crippen molar-refractivity contribution >= 4 is 17.2 Å². The van der Waals surface area contributed by atoms with Gasteiger partial charge < -0.3 is 4.98 Å². The van der Waals surface area contributed by atoms with Crippen LogP contribution in [-0.4, -0.2) is 19.9 Å². The Morgan fingerprint density at radius 3 is 3.21 bits per heavy atom. The Hall–Kier alpha value is -2.22. The third-order valence-corrected chi connectivity index (χ3v) is 1.74. The lowest BCUT2D eigenvalue weighted by molar-refractivity contribution is 1.18. The van der Waals surface area contributed by atoms with Gasteiger partial charge in [0.2, 0.25) is 0 Å². The summed E-state index contributed by atoms with van der Waals surface area (Å²) in [5.41, 5.74) is 2.18. The standard InChI is InChI=1S/C9H7N5/c10-4-2-1-3-7-8-9(13-5-11-7)14-6-12-8/h1,3,5-6H,2H2,(H,11,12,13,14). The molecule has 0 radical (unpaired) electrons. The summed E-state index contributed by atoms with van der Waals surface area (Å²) in [6, 6.07) is 2.02. The molecule has 0 aliphatic carbocycles. The number of allylic oxidation sites excluding steroid dienone is 1. The van der Waals surface area contributed by atoms with Crippen molar-refractivity contribution in [1.29, 1.82) is 5.26 Å². The highest BCUT2D eigenvalue weighted by Crippen LogP contribution is 2.10. The molecule has 0 aliphatic rings. The molecule has 14 heavy (non-hydrogen) atoms. The molecule has 5 nitrogen and oxygen atoms in total. The largest absolute Gasteiger partial charge is 0.341 e. The maximum absolute atomic E-state index is 8.36. The molecule has 0 amide bonds. The van der Waals surface area contributed by atoms with E-state index in [0.717, 1.165) is 11.2 Å². The molecule has 1 N–H and O–H groups in total. The van der Waals surface area contributed by atoms with E-state index in [1.54, 1.807) is 18.5 Å². The quantitative estimate of drug-likeness (QED) is 0.764. The molecule has 5 heteroatoms. The van der Waals surface area contributed by atoms with E-state index in [0.29, 0.717) is 12.1 Å². The van der Waals surface area contributed by atoms with Crippen LogP contribution in [0.4, 0.5) is 0 Å². The van der Waals surface area contributed by atoms with E-state index < -0.39 is 0 Å². The van der Waals surface area contributed by atoms with Crippen molar-refractivity contribution in [1.82, 2.24) is 19.9 Å². The third kappa shape index (κ3) is 1.45. The van der Waals surface area contributed by atoms with Crippen molar-refractivity contribution in [2.24, 2.45) is 0 Å². The van der Waals surface area contributed by atoms with Gasteiger partial charge in [0.1, 0.15) is 11.8 Å². The van der Waals surface area contributed by atoms with E-state index in [1.807, 2.05) is 6.07 Å². The highest BCUT2D eigenvalue weighted by molar-refractivity contribution is 5.78. The van der Waals surface area contributed by atoms with Crippen molar-refractivity contribution in [3.8, 4) is 6.07 Å². The van der Waals surface area contributed by atoms with E-state index in [4.69, 9.17) is 5.26 Å². The monoisotopic (exact) mass is 185 g/mol. The molecule has 2 aromatic heterocycles. The first-order valence-electron chi connectivity index (χ1n) is 4.09. The van der Waals surface area contributed by atoms with Crippen LogP contribution in [0.15, 0.2) is 18.7 Å². The number of H-pyrrole nitrogens is 1. The van der Waals surface area contributed by atoms with Crippen LogP contribution in [0.2, 0.25) is 0 Å². The summed E-state index contributed by atoms with van der Waals surface area (Å²) in [4.78, 5) is 15.0. The first-order chi connectivity index (χ1) is 6.92. The summed E-state index contributed by atoms with van der Waals surface area (Å²) in [6.45, 7) is 0. The summed E-state index contributed by atoms with van der Waals surface area (Å²) < 4.78 is 0. The highest BCUT2D eigenvalue weighted by Gasteiger charge is 2.01. The zero-order chi connectivity index (χ0) is 9.80. The fraction of sp³-hybridized carbons (Fsp3) is 0.111. The third-order valence-electron chi connectivity index (χ3n) is 1.74. The van der Waals surface area contributed by atoms with E-state index in [1.165, 1.54) is 6.33 Å². The Morgan fingerprint density at radius 1 is 1.43 bits per heavy atom. The number of fused-ring (bicyclic) bond motifs is 1. The number of hydrogen-bond donors (Lipinski definition) is 1. The lowest BCUT2D eigenvalue weighted by atomic mass is 10.3. The van der Waals surface area contributed by atoms with E-state index in [2.05, 4.69) is 19.9 Å². The number of aromatic amines is 1. The second-order valence-corrected chi connectivity index (χ2v) is 2.62. The normalized spacial score (nSPS) is 10.8. The fourth-order valence-corrected chi connectivity index (χ4v) is 1.13. The average Bonchev–Trinajstić information content (AvgIpc) is 2.67. The van der Waals surface area contributed by atoms with Crippen LogP contribution in [0.3, 0.4) is 0 Å². The average molecular weight is 185 g/mol. The lowest BCUT2D eigenvalue weighted by Crippen LogP contribution is -1.85. The van der Waals surface area contributed by atoms with Gasteiger partial charge in [-0.3, -0.25) is 0 Å². The summed E-state index contributed by atoms with van der Waals surface area (Å²) in [5.74, 6) is 0. The van der Waals surface area contributed by atoms with Gasteiger partial charge in [0.25, 0.3) is 0 Å². The Kier molecular flexibility index (Phi) is 2.19. The molecule has 2 heterocycles. The van der Waals surface area contributed by atoms with Gasteiger partial charge in [-0.1, -0.05) is 6.08 Å². The summed E-state index contributed by atoms with van der Waals surface area (Å²) in [6.07, 6.45) is 6.93. The molecule has 0 saturated heterocycles. The topological polar surface area (TPSA) is 78.2 Å². The summed E-state index contributed by atoms with van der Waals surface area (Å²) in [7, 11) is 0. The van der Waals surface area contributed by atoms with Crippen LogP contribution in [0, 0.1) is 11.3 Å². The van der Waals surface area contributed by atoms with Crippen molar-refractivity contribution < 1.29 is 0 Å². The second-order valence-electron chi connectivity index (χ2n) is 2.62. The Morgan fingerprint density at radius 2 is 2.36 bits per heavy atom. The minimum absolute atomic E-state index is 0.375. The molecular formula is C9H7N5. The molecule has 2 rings (SSSR count). The van der Waals surface area contributed by atoms with Crippen LogP contribution in [0.25, 0.3) is 17.2 Å². The molecule has 0 unspecified atom stereocenters. The van der Waals surface area contributed by atoms with Crippen LogP contribution in [0.1, 0.15) is 12.1 Å². The van der Waals surface area contributed by atoms with E-state index >= 15 is 0 Å². The molecule has 68 valence electrons. The molecule has 0 spiro atoms. The number of aromatic nitrogens is 4. The number of nitriles is 1. The number of nitrogens with zero attached hydrogens (tertiary/aromatic N) is 4. The first kappa shape index (κ1) is 8.38. The Bertz CT molecular complexity index is 505. The Balaban J connectivity index is 2.42. The summed E-state index contributed by atoms with van der Waals surface area (Å²) in [5, 5.41) is 8.36. The smallest absolute Gasteiger partial charge is 0.181 e. The van der Waals surface area contributed by atoms with Gasteiger partial charge >= 0.3 is 0 Å². The van der Waals surface area contributed by atoms with Crippen molar-refractivity contribution in [3.63, 3.8) is 0 Å². The number of nitrogens with one attached hydrogen (secondary N) is 1. The minimum atomic E-state index is 0.375. The van der Waals surface area contributed by atoms with Crippen LogP contribution < -0.4 is 0 Å². The SMILES string of the molecule is N#CCC=Cc1ncnc2nc[nH]c12. The molecule has 0 atom stereocenters. The van der Waals surface area contributed by atoms with Gasteiger partial charge in [-0.15, -0.1) is 0 Å². The number of hydrogen-bond acceptors (Lipinski definition) is 4. The predicted molar refractivity (Wildman–Crippen MR) is 50.9 cm³/mol. The zero-order valence-corrected chi connectivity index (χ0v) is 7.31. The first-order valence-corrected chi connectivity index (χ1v) is 4.09.